The Morgan fingerprint density at radius 3 is 2.63 bits per heavy atom. The molecule has 1 heterocycles. The molecule has 0 saturated carbocycles. The van der Waals surface area contributed by atoms with E-state index in [2.05, 4.69) is 17.1 Å². The van der Waals surface area contributed by atoms with Crippen molar-refractivity contribution >= 4 is 33.1 Å². The van der Waals surface area contributed by atoms with Gasteiger partial charge in [-0.1, -0.05) is 18.2 Å². The summed E-state index contributed by atoms with van der Waals surface area (Å²) < 4.78 is 26.2. The number of benzene rings is 1. The van der Waals surface area contributed by atoms with Gasteiger partial charge in [0.05, 0.1) is 15.9 Å². The number of rotatable bonds is 2. The molecule has 6 heteroatoms. The van der Waals surface area contributed by atoms with Crippen LogP contribution in [-0.2, 0) is 9.84 Å². The number of sulfone groups is 1. The minimum Gasteiger partial charge on any atom is -0.329 e. The number of allylic oxidation sites excluding steroid dienone is 2. The Hall–Kier alpha value is -1.40. The van der Waals surface area contributed by atoms with Crippen molar-refractivity contribution in [3.05, 3.63) is 35.1 Å². The van der Waals surface area contributed by atoms with Crippen molar-refractivity contribution in [1.29, 1.82) is 0 Å². The smallest absolute Gasteiger partial charge is 0.178 e. The van der Waals surface area contributed by atoms with E-state index in [-0.39, 0.29) is 6.04 Å². The van der Waals surface area contributed by atoms with Crippen LogP contribution in [-0.4, -0.2) is 24.2 Å². The lowest BCUT2D eigenvalue weighted by Crippen LogP contribution is -2.05. The van der Waals surface area contributed by atoms with Gasteiger partial charge < -0.3 is 9.55 Å². The molecular formula is C13H14N2O2S2. The van der Waals surface area contributed by atoms with Crippen molar-refractivity contribution in [2.24, 2.45) is 0 Å². The second-order valence-electron chi connectivity index (χ2n) is 4.82. The molecule has 0 fully saturated rings. The van der Waals surface area contributed by atoms with Gasteiger partial charge in [0.2, 0.25) is 0 Å². The van der Waals surface area contributed by atoms with Gasteiger partial charge in [0.15, 0.2) is 14.6 Å². The van der Waals surface area contributed by atoms with Crippen LogP contribution in [0.25, 0.3) is 11.0 Å². The fraction of sp³-hybridized carbons (Fsp3) is 0.308. The summed E-state index contributed by atoms with van der Waals surface area (Å²) in [6.45, 7) is 0. The Morgan fingerprint density at radius 1 is 1.32 bits per heavy atom. The normalized spacial score (nSPS) is 16.5. The Balaban J connectivity index is 2.32. The molecule has 1 aromatic carbocycles. The van der Waals surface area contributed by atoms with E-state index in [1.807, 2.05) is 10.6 Å². The third-order valence-corrected chi connectivity index (χ3v) is 4.90. The predicted molar refractivity (Wildman–Crippen MR) is 77.6 cm³/mol. The van der Waals surface area contributed by atoms with Gasteiger partial charge in [0.1, 0.15) is 0 Å². The van der Waals surface area contributed by atoms with Gasteiger partial charge in [0.25, 0.3) is 0 Å². The van der Waals surface area contributed by atoms with Gasteiger partial charge in [-0.15, -0.1) is 0 Å². The molecule has 0 amide bonds. The number of H-pyrrole nitrogens is 1. The van der Waals surface area contributed by atoms with Gasteiger partial charge in [-0.3, -0.25) is 0 Å². The lowest BCUT2D eigenvalue weighted by Gasteiger charge is -2.12. The van der Waals surface area contributed by atoms with Crippen molar-refractivity contribution in [2.75, 3.05) is 6.26 Å². The summed E-state index contributed by atoms with van der Waals surface area (Å²) in [6, 6.07) is 5.57. The van der Waals surface area contributed by atoms with Gasteiger partial charge in [-0.2, -0.15) is 0 Å². The molecule has 0 atom stereocenters. The maximum atomic E-state index is 11.8. The molecule has 1 aliphatic rings. The van der Waals surface area contributed by atoms with Crippen LogP contribution in [0.1, 0.15) is 18.9 Å². The van der Waals surface area contributed by atoms with Gasteiger partial charge in [-0.25, -0.2) is 8.42 Å². The Bertz CT molecular complexity index is 820. The minimum atomic E-state index is -3.26. The van der Waals surface area contributed by atoms with E-state index in [9.17, 15) is 8.42 Å². The van der Waals surface area contributed by atoms with E-state index in [1.165, 1.54) is 6.26 Å². The average Bonchev–Trinajstić information content (AvgIpc) is 2.92. The second-order valence-corrected chi connectivity index (χ2v) is 7.19. The highest BCUT2D eigenvalue weighted by atomic mass is 32.2. The molecule has 4 nitrogen and oxygen atoms in total. The Morgan fingerprint density at radius 2 is 2.00 bits per heavy atom. The molecular weight excluding hydrogens is 280 g/mol. The van der Waals surface area contributed by atoms with Crippen molar-refractivity contribution in [3.8, 4) is 0 Å². The van der Waals surface area contributed by atoms with Crippen molar-refractivity contribution in [1.82, 2.24) is 9.55 Å². The first kappa shape index (κ1) is 12.6. The fourth-order valence-corrected chi connectivity index (χ4v) is 3.81. The van der Waals surface area contributed by atoms with Gasteiger partial charge >= 0.3 is 0 Å². The zero-order chi connectivity index (χ0) is 13.6. The predicted octanol–water partition coefficient (Wildman–Crippen LogP) is 2.99. The maximum absolute atomic E-state index is 11.8. The lowest BCUT2D eigenvalue weighted by molar-refractivity contribution is 0.544. The van der Waals surface area contributed by atoms with Crippen LogP contribution in [0.5, 0.6) is 0 Å². The first-order valence-corrected chi connectivity index (χ1v) is 8.37. The minimum absolute atomic E-state index is 0.288. The zero-order valence-corrected chi connectivity index (χ0v) is 12.1. The van der Waals surface area contributed by atoms with Crippen LogP contribution in [0.3, 0.4) is 0 Å². The molecule has 0 saturated heterocycles. The van der Waals surface area contributed by atoms with Crippen LogP contribution in [0.4, 0.5) is 0 Å². The number of aromatic amines is 1. The molecule has 1 N–H and O–H groups in total. The molecule has 1 aromatic heterocycles. The molecule has 0 spiro atoms. The van der Waals surface area contributed by atoms with E-state index in [1.54, 1.807) is 12.1 Å². The summed E-state index contributed by atoms with van der Waals surface area (Å²) in [6.07, 6.45) is 7.35. The highest BCUT2D eigenvalue weighted by Gasteiger charge is 2.20. The van der Waals surface area contributed by atoms with E-state index in [0.29, 0.717) is 15.2 Å². The van der Waals surface area contributed by atoms with Gasteiger partial charge in [-0.05, 0) is 37.2 Å². The third kappa shape index (κ3) is 2.04. The summed E-state index contributed by atoms with van der Waals surface area (Å²) in [5.41, 5.74) is 1.48. The van der Waals surface area contributed by atoms with Crippen LogP contribution < -0.4 is 0 Å². The number of aromatic nitrogens is 2. The summed E-state index contributed by atoms with van der Waals surface area (Å²) in [4.78, 5) is 3.36. The van der Waals surface area contributed by atoms with Gasteiger partial charge in [0, 0.05) is 12.3 Å². The highest BCUT2D eigenvalue weighted by Crippen LogP contribution is 2.30. The number of imidazole rings is 1. The van der Waals surface area contributed by atoms with E-state index >= 15 is 0 Å². The van der Waals surface area contributed by atoms with Crippen LogP contribution in [0.15, 0.2) is 35.2 Å². The number of hydrogen-bond donors (Lipinski definition) is 1. The summed E-state index contributed by atoms with van der Waals surface area (Å²) in [7, 11) is -3.26. The van der Waals surface area contributed by atoms with E-state index in [4.69, 9.17) is 12.2 Å². The van der Waals surface area contributed by atoms with E-state index in [0.717, 1.165) is 18.4 Å². The van der Waals surface area contributed by atoms with Crippen LogP contribution in [0.2, 0.25) is 0 Å². The largest absolute Gasteiger partial charge is 0.329 e. The SMILES string of the molecule is CS(=O)(=O)c1cccc2c1[nH]c(=S)n2C1CC=CC1. The number of nitrogens with zero attached hydrogens (tertiary/aromatic N) is 1. The first-order valence-electron chi connectivity index (χ1n) is 6.07. The zero-order valence-electron chi connectivity index (χ0n) is 10.5. The van der Waals surface area contributed by atoms with Crippen LogP contribution in [0, 0.1) is 4.77 Å². The van der Waals surface area contributed by atoms with Crippen molar-refractivity contribution < 1.29 is 8.42 Å². The summed E-state index contributed by atoms with van der Waals surface area (Å²) in [5, 5.41) is 0. The molecule has 0 bridgehead atoms. The topological polar surface area (TPSA) is 54.9 Å². The van der Waals surface area contributed by atoms with Crippen molar-refractivity contribution in [2.45, 2.75) is 23.8 Å². The maximum Gasteiger partial charge on any atom is 0.178 e. The average molecular weight is 294 g/mol. The summed E-state index contributed by atoms with van der Waals surface area (Å²) >= 11 is 5.36. The van der Waals surface area contributed by atoms with Crippen molar-refractivity contribution in [3.63, 3.8) is 0 Å². The monoisotopic (exact) mass is 294 g/mol. The number of fused-ring (bicyclic) bond motifs is 1. The van der Waals surface area contributed by atoms with E-state index < -0.39 is 9.84 Å². The third-order valence-electron chi connectivity index (χ3n) is 3.46. The molecule has 2 aromatic rings. The molecule has 1 aliphatic carbocycles. The molecule has 0 radical (unpaired) electrons. The fourth-order valence-electron chi connectivity index (χ4n) is 2.61. The molecule has 19 heavy (non-hydrogen) atoms. The quantitative estimate of drug-likeness (QED) is 0.684. The molecule has 3 rings (SSSR count). The summed E-state index contributed by atoms with van der Waals surface area (Å²) in [5.74, 6) is 0. The standard InChI is InChI=1S/C13H14N2O2S2/c1-19(16,17)11-8-4-7-10-12(11)14-13(18)15(10)9-5-2-3-6-9/h2-4,7-9H,5-6H2,1H3,(H,14,18). The highest BCUT2D eigenvalue weighted by molar-refractivity contribution is 7.91. The van der Waals surface area contributed by atoms with Crippen LogP contribution >= 0.6 is 12.2 Å². The molecule has 100 valence electrons. The Kier molecular flexibility index (Phi) is 2.87. The lowest BCUT2D eigenvalue weighted by atomic mass is 10.2. The molecule has 0 unspecified atom stereocenters. The first-order chi connectivity index (χ1) is 8.98. The number of nitrogens with one attached hydrogen (secondary N) is 1. The number of para-hydroxylation sites is 1. The number of hydrogen-bond acceptors (Lipinski definition) is 3. The second kappa shape index (κ2) is 4.31. The Labute approximate surface area is 116 Å². The molecule has 0 aliphatic heterocycles.